The average molecular weight is 397 g/mol. The van der Waals surface area contributed by atoms with Gasteiger partial charge in [-0.3, -0.25) is 4.79 Å². The molecular formula is C22H15N5OS. The van der Waals surface area contributed by atoms with Crippen LogP contribution in [0.5, 0.6) is 0 Å². The molecule has 3 aromatic carbocycles. The second kappa shape index (κ2) is 8.42. The van der Waals surface area contributed by atoms with Gasteiger partial charge in [-0.15, -0.1) is 0 Å². The van der Waals surface area contributed by atoms with Crippen LogP contribution in [0, 0.1) is 11.3 Å². The highest BCUT2D eigenvalue weighted by atomic mass is 32.2. The SMILES string of the molecule is N#Cc1ccccc1Sc1ccccc1C(=O)Nc1ccc(-n2cncn2)cc1. The molecule has 0 radical (unpaired) electrons. The van der Waals surface area contributed by atoms with Crippen LogP contribution in [0.2, 0.25) is 0 Å². The summed E-state index contributed by atoms with van der Waals surface area (Å²) in [6.07, 6.45) is 3.08. The van der Waals surface area contributed by atoms with E-state index in [0.29, 0.717) is 16.8 Å². The minimum atomic E-state index is -0.212. The lowest BCUT2D eigenvalue weighted by atomic mass is 10.2. The number of aromatic nitrogens is 3. The van der Waals surface area contributed by atoms with E-state index in [9.17, 15) is 10.1 Å². The van der Waals surface area contributed by atoms with Crippen molar-refractivity contribution in [1.82, 2.24) is 14.8 Å². The van der Waals surface area contributed by atoms with Crippen LogP contribution in [0.4, 0.5) is 5.69 Å². The van der Waals surface area contributed by atoms with Gasteiger partial charge in [-0.2, -0.15) is 10.4 Å². The van der Waals surface area contributed by atoms with Gasteiger partial charge < -0.3 is 5.32 Å². The molecule has 29 heavy (non-hydrogen) atoms. The third-order valence-electron chi connectivity index (χ3n) is 4.17. The quantitative estimate of drug-likeness (QED) is 0.534. The lowest BCUT2D eigenvalue weighted by Crippen LogP contribution is -2.13. The third-order valence-corrected chi connectivity index (χ3v) is 5.32. The molecule has 0 atom stereocenters. The molecule has 0 bridgehead atoms. The van der Waals surface area contributed by atoms with Crippen molar-refractivity contribution in [3.8, 4) is 11.8 Å². The van der Waals surface area contributed by atoms with Crippen LogP contribution < -0.4 is 5.32 Å². The Morgan fingerprint density at radius 1 is 0.966 bits per heavy atom. The molecule has 0 spiro atoms. The van der Waals surface area contributed by atoms with Gasteiger partial charge in [0.05, 0.1) is 16.8 Å². The number of nitrogens with one attached hydrogen (secondary N) is 1. The van der Waals surface area contributed by atoms with Crippen molar-refractivity contribution < 1.29 is 4.79 Å². The van der Waals surface area contributed by atoms with Gasteiger partial charge in [0.15, 0.2) is 0 Å². The van der Waals surface area contributed by atoms with Gasteiger partial charge in [0, 0.05) is 15.5 Å². The molecule has 4 rings (SSSR count). The van der Waals surface area contributed by atoms with E-state index in [4.69, 9.17) is 0 Å². The Morgan fingerprint density at radius 2 is 1.69 bits per heavy atom. The third kappa shape index (κ3) is 4.18. The largest absolute Gasteiger partial charge is 0.322 e. The van der Waals surface area contributed by atoms with Gasteiger partial charge in [-0.1, -0.05) is 36.0 Å². The van der Waals surface area contributed by atoms with Crippen LogP contribution in [0.3, 0.4) is 0 Å². The smallest absolute Gasteiger partial charge is 0.256 e. The summed E-state index contributed by atoms with van der Waals surface area (Å²) in [5.41, 5.74) is 2.66. The van der Waals surface area contributed by atoms with Crippen LogP contribution in [0.15, 0.2) is 95.2 Å². The zero-order chi connectivity index (χ0) is 20.1. The van der Waals surface area contributed by atoms with E-state index in [2.05, 4.69) is 21.5 Å². The molecule has 1 heterocycles. The fraction of sp³-hybridized carbons (Fsp3) is 0. The van der Waals surface area contributed by atoms with Gasteiger partial charge in [0.2, 0.25) is 0 Å². The number of hydrogen-bond acceptors (Lipinski definition) is 5. The number of carbonyl (C=O) groups is 1. The minimum Gasteiger partial charge on any atom is -0.322 e. The number of benzene rings is 3. The van der Waals surface area contributed by atoms with Crippen LogP contribution in [0.25, 0.3) is 5.69 Å². The number of carbonyl (C=O) groups excluding carboxylic acids is 1. The minimum absolute atomic E-state index is 0.212. The number of rotatable bonds is 5. The van der Waals surface area contributed by atoms with E-state index in [-0.39, 0.29) is 5.91 Å². The second-order valence-electron chi connectivity index (χ2n) is 6.05. The molecular weight excluding hydrogens is 382 g/mol. The molecule has 140 valence electrons. The van der Waals surface area contributed by atoms with Crippen molar-refractivity contribution in [2.75, 3.05) is 5.32 Å². The zero-order valence-corrected chi connectivity index (χ0v) is 16.0. The summed E-state index contributed by atoms with van der Waals surface area (Å²) in [6.45, 7) is 0. The van der Waals surface area contributed by atoms with Gasteiger partial charge in [0.1, 0.15) is 18.7 Å². The van der Waals surface area contributed by atoms with Crippen molar-refractivity contribution in [2.45, 2.75) is 9.79 Å². The molecule has 1 amide bonds. The number of nitrogens with zero attached hydrogens (tertiary/aromatic N) is 4. The summed E-state index contributed by atoms with van der Waals surface area (Å²) in [4.78, 5) is 18.4. The molecule has 0 unspecified atom stereocenters. The number of anilines is 1. The molecule has 0 fully saturated rings. The summed E-state index contributed by atoms with van der Waals surface area (Å²) in [5.74, 6) is -0.212. The Labute approximate surface area is 171 Å². The van der Waals surface area contributed by atoms with Gasteiger partial charge in [0.25, 0.3) is 5.91 Å². The predicted octanol–water partition coefficient (Wildman–Crippen LogP) is 4.54. The maximum Gasteiger partial charge on any atom is 0.256 e. The molecule has 0 saturated carbocycles. The maximum absolute atomic E-state index is 12.9. The van der Waals surface area contributed by atoms with Gasteiger partial charge in [-0.05, 0) is 48.5 Å². The van der Waals surface area contributed by atoms with Crippen LogP contribution in [0.1, 0.15) is 15.9 Å². The summed E-state index contributed by atoms with van der Waals surface area (Å²) in [6, 6.07) is 24.2. The lowest BCUT2D eigenvalue weighted by molar-refractivity contribution is 0.102. The molecule has 0 aliphatic heterocycles. The molecule has 6 nitrogen and oxygen atoms in total. The number of amides is 1. The van der Waals surface area contributed by atoms with E-state index in [1.165, 1.54) is 18.1 Å². The van der Waals surface area contributed by atoms with E-state index in [1.54, 1.807) is 23.1 Å². The Bertz CT molecular complexity index is 1180. The maximum atomic E-state index is 12.9. The first-order chi connectivity index (χ1) is 14.2. The van der Waals surface area contributed by atoms with Crippen molar-refractivity contribution in [3.63, 3.8) is 0 Å². The summed E-state index contributed by atoms with van der Waals surface area (Å²) in [7, 11) is 0. The highest BCUT2D eigenvalue weighted by molar-refractivity contribution is 7.99. The first-order valence-electron chi connectivity index (χ1n) is 8.77. The van der Waals surface area contributed by atoms with E-state index in [1.807, 2.05) is 60.7 Å². The van der Waals surface area contributed by atoms with Crippen LogP contribution >= 0.6 is 11.8 Å². The summed E-state index contributed by atoms with van der Waals surface area (Å²) in [5, 5.41) is 16.3. The van der Waals surface area contributed by atoms with Crippen molar-refractivity contribution >= 4 is 23.4 Å². The van der Waals surface area contributed by atoms with E-state index < -0.39 is 0 Å². The Kier molecular flexibility index (Phi) is 5.36. The van der Waals surface area contributed by atoms with Crippen LogP contribution in [-0.2, 0) is 0 Å². The summed E-state index contributed by atoms with van der Waals surface area (Å²) >= 11 is 1.40. The van der Waals surface area contributed by atoms with Crippen LogP contribution in [-0.4, -0.2) is 20.7 Å². The molecule has 4 aromatic rings. The van der Waals surface area contributed by atoms with Gasteiger partial charge in [-0.25, -0.2) is 9.67 Å². The molecule has 0 saturated heterocycles. The number of hydrogen-bond donors (Lipinski definition) is 1. The normalized spacial score (nSPS) is 10.3. The predicted molar refractivity (Wildman–Crippen MR) is 111 cm³/mol. The van der Waals surface area contributed by atoms with Crippen molar-refractivity contribution in [3.05, 3.63) is 96.6 Å². The highest BCUT2D eigenvalue weighted by Crippen LogP contribution is 2.33. The average Bonchev–Trinajstić information content (AvgIpc) is 3.30. The number of nitriles is 1. The molecule has 7 heteroatoms. The monoisotopic (exact) mass is 397 g/mol. The Balaban J connectivity index is 1.54. The second-order valence-corrected chi connectivity index (χ2v) is 7.13. The molecule has 1 N–H and O–H groups in total. The fourth-order valence-electron chi connectivity index (χ4n) is 2.75. The fourth-order valence-corrected chi connectivity index (χ4v) is 3.77. The molecule has 0 aliphatic rings. The van der Waals surface area contributed by atoms with Crippen molar-refractivity contribution in [1.29, 1.82) is 5.26 Å². The summed E-state index contributed by atoms with van der Waals surface area (Å²) < 4.78 is 1.64. The zero-order valence-electron chi connectivity index (χ0n) is 15.2. The Morgan fingerprint density at radius 3 is 2.41 bits per heavy atom. The molecule has 1 aromatic heterocycles. The Hall–Kier alpha value is -3.89. The highest BCUT2D eigenvalue weighted by Gasteiger charge is 2.14. The van der Waals surface area contributed by atoms with Crippen molar-refractivity contribution in [2.24, 2.45) is 0 Å². The first-order valence-corrected chi connectivity index (χ1v) is 9.58. The molecule has 0 aliphatic carbocycles. The van der Waals surface area contributed by atoms with E-state index in [0.717, 1.165) is 15.5 Å². The topological polar surface area (TPSA) is 83.6 Å². The lowest BCUT2D eigenvalue weighted by Gasteiger charge is -2.11. The van der Waals surface area contributed by atoms with Gasteiger partial charge >= 0.3 is 0 Å². The standard InChI is InChI=1S/C22H15N5OS/c23-13-16-5-1-3-7-20(16)29-21-8-4-2-6-19(21)22(28)26-17-9-11-18(12-10-17)27-15-24-14-25-27/h1-12,14-15H,(H,26,28). The first kappa shape index (κ1) is 18.5. The van der Waals surface area contributed by atoms with E-state index >= 15 is 0 Å².